The highest BCUT2D eigenvalue weighted by Gasteiger charge is 2.20. The average molecular weight is 417 g/mol. The number of likely N-dealkylation sites (tertiary alicyclic amines) is 1. The largest absolute Gasteiger partial charge is 0.494 e. The van der Waals surface area contributed by atoms with Crippen molar-refractivity contribution in [1.29, 1.82) is 0 Å². The maximum atomic E-state index is 13.9. The molecule has 0 aliphatic carbocycles. The summed E-state index contributed by atoms with van der Waals surface area (Å²) in [6.07, 6.45) is 5.61. The van der Waals surface area contributed by atoms with E-state index in [0.717, 1.165) is 75.7 Å². The number of furan rings is 1. The molecule has 0 radical (unpaired) electrons. The summed E-state index contributed by atoms with van der Waals surface area (Å²) in [5, 5.41) is 7.00. The highest BCUT2D eigenvalue weighted by Crippen LogP contribution is 2.20. The van der Waals surface area contributed by atoms with Crippen LogP contribution in [-0.2, 0) is 13.0 Å². The molecule has 164 valence electrons. The van der Waals surface area contributed by atoms with Crippen molar-refractivity contribution in [3.63, 3.8) is 0 Å². The fraction of sp³-hybridized carbons (Fsp3) is 0.522. The van der Waals surface area contributed by atoms with Crippen LogP contribution in [0.2, 0.25) is 0 Å². The summed E-state index contributed by atoms with van der Waals surface area (Å²) in [4.78, 5) is 7.03. The molecule has 7 heteroatoms. The molecule has 1 aromatic carbocycles. The normalized spacial score (nSPS) is 15.9. The molecule has 1 aromatic heterocycles. The van der Waals surface area contributed by atoms with Crippen LogP contribution >= 0.6 is 0 Å². The number of aliphatic imine (C=N–C) groups is 1. The van der Waals surface area contributed by atoms with E-state index in [0.29, 0.717) is 11.8 Å². The first-order valence-electron chi connectivity index (χ1n) is 10.8. The molecule has 6 nitrogen and oxygen atoms in total. The Morgan fingerprint density at radius 2 is 2.13 bits per heavy atom. The van der Waals surface area contributed by atoms with Gasteiger partial charge in [-0.05, 0) is 49.1 Å². The third kappa shape index (κ3) is 6.76. The number of methoxy groups -OCH3 is 1. The lowest BCUT2D eigenvalue weighted by Gasteiger charge is -2.33. The molecule has 1 saturated heterocycles. The van der Waals surface area contributed by atoms with Crippen LogP contribution in [0.4, 0.5) is 4.39 Å². The van der Waals surface area contributed by atoms with E-state index in [4.69, 9.17) is 9.15 Å². The second kappa shape index (κ2) is 11.6. The summed E-state index contributed by atoms with van der Waals surface area (Å²) in [5.74, 6) is 1.84. The van der Waals surface area contributed by atoms with Gasteiger partial charge in [0, 0.05) is 45.2 Å². The molecule has 2 aromatic rings. The van der Waals surface area contributed by atoms with Gasteiger partial charge >= 0.3 is 0 Å². The molecule has 1 fully saturated rings. The molecule has 0 saturated carbocycles. The number of nitrogens with zero attached hydrogens (tertiary/aromatic N) is 2. The molecular weight excluding hydrogens is 383 g/mol. The first kappa shape index (κ1) is 22.2. The Hall–Kier alpha value is -2.54. The van der Waals surface area contributed by atoms with Gasteiger partial charge in [-0.1, -0.05) is 13.0 Å². The predicted molar refractivity (Wildman–Crippen MR) is 117 cm³/mol. The Bertz CT molecular complexity index is 787. The molecule has 1 aliphatic rings. The SMILES string of the molecule is CCCN=C(NCCc1ccco1)NC1CCN(Cc2ccc(OC)c(F)c2)CC1. The van der Waals surface area contributed by atoms with E-state index in [9.17, 15) is 4.39 Å². The lowest BCUT2D eigenvalue weighted by molar-refractivity contribution is 0.198. The maximum absolute atomic E-state index is 13.9. The van der Waals surface area contributed by atoms with Gasteiger partial charge in [0.15, 0.2) is 17.5 Å². The van der Waals surface area contributed by atoms with Crippen molar-refractivity contribution in [1.82, 2.24) is 15.5 Å². The van der Waals surface area contributed by atoms with Gasteiger partial charge in [-0.3, -0.25) is 9.89 Å². The smallest absolute Gasteiger partial charge is 0.191 e. The molecular formula is C23H33FN4O2. The van der Waals surface area contributed by atoms with E-state index in [1.54, 1.807) is 18.4 Å². The van der Waals surface area contributed by atoms with Gasteiger partial charge in [-0.15, -0.1) is 0 Å². The predicted octanol–water partition coefficient (Wildman–Crippen LogP) is 3.58. The van der Waals surface area contributed by atoms with Crippen LogP contribution in [-0.4, -0.2) is 50.2 Å². The van der Waals surface area contributed by atoms with Crippen LogP contribution in [0, 0.1) is 5.82 Å². The summed E-state index contributed by atoms with van der Waals surface area (Å²) in [6, 6.07) is 9.49. The molecule has 0 amide bonds. The van der Waals surface area contributed by atoms with E-state index in [1.165, 1.54) is 7.11 Å². The van der Waals surface area contributed by atoms with Gasteiger partial charge in [-0.2, -0.15) is 0 Å². The fourth-order valence-electron chi connectivity index (χ4n) is 3.63. The van der Waals surface area contributed by atoms with Crippen molar-refractivity contribution < 1.29 is 13.5 Å². The van der Waals surface area contributed by atoms with Crippen molar-refractivity contribution in [2.45, 2.75) is 45.2 Å². The Kier molecular flexibility index (Phi) is 8.56. The molecule has 0 bridgehead atoms. The summed E-state index contributed by atoms with van der Waals surface area (Å²) in [5.41, 5.74) is 0.976. The van der Waals surface area contributed by atoms with Crippen LogP contribution < -0.4 is 15.4 Å². The van der Waals surface area contributed by atoms with Crippen molar-refractivity contribution >= 4 is 5.96 Å². The number of ether oxygens (including phenoxy) is 1. The number of nitrogens with one attached hydrogen (secondary N) is 2. The average Bonchev–Trinajstić information content (AvgIpc) is 3.27. The van der Waals surface area contributed by atoms with Gasteiger partial charge in [0.05, 0.1) is 13.4 Å². The zero-order valence-corrected chi connectivity index (χ0v) is 18.0. The standard InChI is InChI=1S/C23H33FN4O2/c1-3-11-25-23(26-12-8-20-5-4-15-30-20)27-19-9-13-28(14-10-19)17-18-6-7-22(29-2)21(24)16-18/h4-7,15-16,19H,3,8-14,17H2,1-2H3,(H2,25,26,27). The quantitative estimate of drug-likeness (QED) is 0.483. The Morgan fingerprint density at radius 3 is 2.80 bits per heavy atom. The third-order valence-corrected chi connectivity index (χ3v) is 5.29. The zero-order chi connectivity index (χ0) is 21.2. The summed E-state index contributed by atoms with van der Waals surface area (Å²) < 4.78 is 24.3. The van der Waals surface area contributed by atoms with Crippen LogP contribution in [0.3, 0.4) is 0 Å². The molecule has 0 atom stereocenters. The minimum Gasteiger partial charge on any atom is -0.494 e. The molecule has 2 N–H and O–H groups in total. The Balaban J connectivity index is 1.44. The molecule has 0 unspecified atom stereocenters. The van der Waals surface area contributed by atoms with Crippen molar-refractivity contribution in [2.24, 2.45) is 4.99 Å². The number of guanidine groups is 1. The van der Waals surface area contributed by atoms with Gasteiger partial charge in [0.1, 0.15) is 5.76 Å². The van der Waals surface area contributed by atoms with Crippen LogP contribution in [0.15, 0.2) is 46.0 Å². The van der Waals surface area contributed by atoms with E-state index >= 15 is 0 Å². The monoisotopic (exact) mass is 416 g/mol. The van der Waals surface area contributed by atoms with Crippen LogP contribution in [0.1, 0.15) is 37.5 Å². The van der Waals surface area contributed by atoms with Crippen molar-refractivity contribution in [3.05, 3.63) is 53.7 Å². The van der Waals surface area contributed by atoms with Crippen LogP contribution in [0.25, 0.3) is 0 Å². The van der Waals surface area contributed by atoms with E-state index in [1.807, 2.05) is 18.2 Å². The minimum absolute atomic E-state index is 0.292. The molecule has 1 aliphatic heterocycles. The highest BCUT2D eigenvalue weighted by atomic mass is 19.1. The second-order valence-corrected chi connectivity index (χ2v) is 7.65. The number of hydrogen-bond acceptors (Lipinski definition) is 4. The first-order chi connectivity index (χ1) is 14.7. The van der Waals surface area contributed by atoms with Gasteiger partial charge in [-0.25, -0.2) is 4.39 Å². The minimum atomic E-state index is -0.302. The van der Waals surface area contributed by atoms with E-state index in [2.05, 4.69) is 27.4 Å². The number of benzene rings is 1. The van der Waals surface area contributed by atoms with E-state index in [-0.39, 0.29) is 5.82 Å². The Labute approximate surface area is 178 Å². The van der Waals surface area contributed by atoms with Gasteiger partial charge in [0.25, 0.3) is 0 Å². The van der Waals surface area contributed by atoms with Gasteiger partial charge in [0.2, 0.25) is 0 Å². The molecule has 2 heterocycles. The van der Waals surface area contributed by atoms with Crippen molar-refractivity contribution in [3.8, 4) is 5.75 Å². The van der Waals surface area contributed by atoms with E-state index < -0.39 is 0 Å². The second-order valence-electron chi connectivity index (χ2n) is 7.65. The summed E-state index contributed by atoms with van der Waals surface area (Å²) >= 11 is 0. The topological polar surface area (TPSA) is 62.0 Å². The fourth-order valence-corrected chi connectivity index (χ4v) is 3.63. The number of halogens is 1. The lowest BCUT2D eigenvalue weighted by Crippen LogP contribution is -2.49. The first-order valence-corrected chi connectivity index (χ1v) is 10.8. The highest BCUT2D eigenvalue weighted by molar-refractivity contribution is 5.80. The van der Waals surface area contributed by atoms with Crippen molar-refractivity contribution in [2.75, 3.05) is 33.3 Å². The zero-order valence-electron chi connectivity index (χ0n) is 18.0. The summed E-state index contributed by atoms with van der Waals surface area (Å²) in [7, 11) is 1.49. The number of hydrogen-bond donors (Lipinski definition) is 2. The maximum Gasteiger partial charge on any atom is 0.191 e. The number of piperidine rings is 1. The van der Waals surface area contributed by atoms with Gasteiger partial charge < -0.3 is 19.8 Å². The Morgan fingerprint density at radius 1 is 1.30 bits per heavy atom. The molecule has 3 rings (SSSR count). The lowest BCUT2D eigenvalue weighted by atomic mass is 10.0. The third-order valence-electron chi connectivity index (χ3n) is 5.29. The number of rotatable bonds is 9. The van der Waals surface area contributed by atoms with Crippen LogP contribution in [0.5, 0.6) is 5.75 Å². The molecule has 0 spiro atoms. The summed E-state index contributed by atoms with van der Waals surface area (Å²) in [6.45, 7) is 6.41. The molecule has 30 heavy (non-hydrogen) atoms.